The average Bonchev–Trinajstić information content (AvgIpc) is 3.08. The zero-order valence-electron chi connectivity index (χ0n) is 19.2. The molecule has 1 aliphatic carbocycles. The van der Waals surface area contributed by atoms with E-state index in [2.05, 4.69) is 0 Å². The number of ether oxygens (including phenoxy) is 2. The van der Waals surface area contributed by atoms with Gasteiger partial charge in [0.2, 0.25) is 11.8 Å². The number of amides is 2. The molecule has 0 atom stereocenters. The van der Waals surface area contributed by atoms with Crippen LogP contribution in [0.25, 0.3) is 0 Å². The molecule has 6 nitrogen and oxygen atoms in total. The molecule has 0 N–H and O–H groups in total. The number of aryl methyl sites for hydroxylation is 1. The van der Waals surface area contributed by atoms with Crippen molar-refractivity contribution in [2.75, 3.05) is 40.4 Å². The lowest BCUT2D eigenvalue weighted by atomic mass is 9.86. The summed E-state index contributed by atoms with van der Waals surface area (Å²) in [6.07, 6.45) is 10.3. The molecular formula is C25H38N2O4. The molecule has 2 fully saturated rings. The summed E-state index contributed by atoms with van der Waals surface area (Å²) in [5.41, 5.74) is 1.06. The Morgan fingerprint density at radius 2 is 1.48 bits per heavy atom. The van der Waals surface area contributed by atoms with Crippen LogP contribution in [0, 0.1) is 5.92 Å². The van der Waals surface area contributed by atoms with Gasteiger partial charge in [0.15, 0.2) is 11.5 Å². The zero-order chi connectivity index (χ0) is 22.1. The number of nitrogens with zero attached hydrogens (tertiary/aromatic N) is 2. The van der Waals surface area contributed by atoms with Gasteiger partial charge in [0.25, 0.3) is 0 Å². The van der Waals surface area contributed by atoms with E-state index in [1.54, 1.807) is 14.2 Å². The van der Waals surface area contributed by atoms with Crippen molar-refractivity contribution in [2.45, 2.75) is 64.2 Å². The smallest absolute Gasteiger partial charge is 0.222 e. The Balaban J connectivity index is 1.43. The summed E-state index contributed by atoms with van der Waals surface area (Å²) in [5, 5.41) is 0. The second-order valence-corrected chi connectivity index (χ2v) is 8.85. The summed E-state index contributed by atoms with van der Waals surface area (Å²) in [4.78, 5) is 29.4. The van der Waals surface area contributed by atoms with Crippen molar-refractivity contribution >= 4 is 11.8 Å². The first-order valence-corrected chi connectivity index (χ1v) is 11.9. The number of rotatable bonds is 8. The van der Waals surface area contributed by atoms with Crippen molar-refractivity contribution in [1.82, 2.24) is 9.80 Å². The largest absolute Gasteiger partial charge is 0.493 e. The molecule has 2 aliphatic rings. The molecule has 1 saturated carbocycles. The first kappa shape index (κ1) is 23.4. The van der Waals surface area contributed by atoms with Crippen molar-refractivity contribution in [3.63, 3.8) is 0 Å². The van der Waals surface area contributed by atoms with Gasteiger partial charge in [-0.1, -0.05) is 38.2 Å². The molecule has 1 aliphatic heterocycles. The summed E-state index contributed by atoms with van der Waals surface area (Å²) < 4.78 is 10.6. The summed E-state index contributed by atoms with van der Waals surface area (Å²) in [5.74, 6) is 2.54. The second kappa shape index (κ2) is 12.0. The highest BCUT2D eigenvalue weighted by Crippen LogP contribution is 2.29. The fourth-order valence-corrected chi connectivity index (χ4v) is 4.82. The van der Waals surface area contributed by atoms with Crippen LogP contribution in [0.15, 0.2) is 18.2 Å². The molecule has 1 aromatic carbocycles. The maximum absolute atomic E-state index is 12.8. The van der Waals surface area contributed by atoms with Gasteiger partial charge in [-0.3, -0.25) is 9.59 Å². The van der Waals surface area contributed by atoms with Crippen LogP contribution in [-0.2, 0) is 16.0 Å². The van der Waals surface area contributed by atoms with Gasteiger partial charge in [-0.05, 0) is 42.9 Å². The van der Waals surface area contributed by atoms with Gasteiger partial charge in [-0.2, -0.15) is 0 Å². The molecule has 3 rings (SSSR count). The Kier molecular flexibility index (Phi) is 9.04. The Hall–Kier alpha value is -2.24. The third kappa shape index (κ3) is 6.88. The number of methoxy groups -OCH3 is 2. The molecule has 1 aromatic rings. The molecule has 1 heterocycles. The molecule has 0 bridgehead atoms. The van der Waals surface area contributed by atoms with Crippen LogP contribution < -0.4 is 9.47 Å². The fraction of sp³-hybridized carbons (Fsp3) is 0.680. The summed E-state index contributed by atoms with van der Waals surface area (Å²) in [6.45, 7) is 2.80. The molecule has 31 heavy (non-hydrogen) atoms. The Labute approximate surface area is 186 Å². The van der Waals surface area contributed by atoms with E-state index in [-0.39, 0.29) is 11.8 Å². The molecule has 0 unspecified atom stereocenters. The van der Waals surface area contributed by atoms with Crippen molar-refractivity contribution in [3.8, 4) is 11.5 Å². The van der Waals surface area contributed by atoms with Crippen LogP contribution in [0.2, 0.25) is 0 Å². The van der Waals surface area contributed by atoms with Crippen LogP contribution in [0.5, 0.6) is 11.5 Å². The Bertz CT molecular complexity index is 730. The standard InChI is InChI=1S/C25H38N2O4/c1-30-22-12-9-21(19-23(22)31-2)11-14-25(29)27-16-6-15-26(17-18-27)24(28)13-10-20-7-4-3-5-8-20/h9,12,19-20H,3-8,10-11,13-18H2,1-2H3. The molecular weight excluding hydrogens is 392 g/mol. The second-order valence-electron chi connectivity index (χ2n) is 8.85. The maximum Gasteiger partial charge on any atom is 0.222 e. The minimum absolute atomic E-state index is 0.159. The van der Waals surface area contributed by atoms with Crippen molar-refractivity contribution in [2.24, 2.45) is 5.92 Å². The van der Waals surface area contributed by atoms with Gasteiger partial charge >= 0.3 is 0 Å². The highest BCUT2D eigenvalue weighted by Gasteiger charge is 2.23. The molecule has 2 amide bonds. The van der Waals surface area contributed by atoms with E-state index in [4.69, 9.17) is 9.47 Å². The monoisotopic (exact) mass is 430 g/mol. The van der Waals surface area contributed by atoms with E-state index < -0.39 is 0 Å². The van der Waals surface area contributed by atoms with Crippen molar-refractivity contribution in [1.29, 1.82) is 0 Å². The van der Waals surface area contributed by atoms with E-state index in [1.165, 1.54) is 32.1 Å². The van der Waals surface area contributed by atoms with Gasteiger partial charge in [0.05, 0.1) is 14.2 Å². The third-order valence-electron chi connectivity index (χ3n) is 6.77. The first-order chi connectivity index (χ1) is 15.1. The van der Waals surface area contributed by atoms with Crippen molar-refractivity contribution < 1.29 is 19.1 Å². The number of carbonyl (C=O) groups is 2. The lowest BCUT2D eigenvalue weighted by Gasteiger charge is -2.24. The number of carbonyl (C=O) groups excluding carboxylic acids is 2. The van der Waals surface area contributed by atoms with Gasteiger partial charge in [-0.25, -0.2) is 0 Å². The lowest BCUT2D eigenvalue weighted by Crippen LogP contribution is -2.37. The van der Waals surface area contributed by atoms with Gasteiger partial charge in [-0.15, -0.1) is 0 Å². The SMILES string of the molecule is COc1ccc(CCC(=O)N2CCCN(C(=O)CCC3CCCCC3)CC2)cc1OC. The number of hydrogen-bond donors (Lipinski definition) is 0. The van der Waals surface area contributed by atoms with Crippen LogP contribution in [0.4, 0.5) is 0 Å². The summed E-state index contributed by atoms with van der Waals surface area (Å²) in [7, 11) is 3.23. The fourth-order valence-electron chi connectivity index (χ4n) is 4.82. The summed E-state index contributed by atoms with van der Waals surface area (Å²) in [6, 6.07) is 5.78. The van der Waals surface area contributed by atoms with Crippen LogP contribution in [-0.4, -0.2) is 62.0 Å². The zero-order valence-corrected chi connectivity index (χ0v) is 19.2. The van der Waals surface area contributed by atoms with E-state index in [1.807, 2.05) is 28.0 Å². The van der Waals surface area contributed by atoms with Gasteiger partial charge < -0.3 is 19.3 Å². The Morgan fingerprint density at radius 3 is 2.13 bits per heavy atom. The quantitative estimate of drug-likeness (QED) is 0.624. The van der Waals surface area contributed by atoms with Crippen LogP contribution >= 0.6 is 0 Å². The van der Waals surface area contributed by atoms with Gasteiger partial charge in [0.1, 0.15) is 0 Å². The minimum Gasteiger partial charge on any atom is -0.493 e. The number of benzene rings is 1. The molecule has 0 radical (unpaired) electrons. The Morgan fingerprint density at radius 1 is 0.839 bits per heavy atom. The van der Waals surface area contributed by atoms with E-state index in [0.29, 0.717) is 43.9 Å². The average molecular weight is 431 g/mol. The summed E-state index contributed by atoms with van der Waals surface area (Å²) >= 11 is 0. The molecule has 0 aromatic heterocycles. The first-order valence-electron chi connectivity index (χ1n) is 11.9. The highest BCUT2D eigenvalue weighted by molar-refractivity contribution is 5.78. The maximum atomic E-state index is 12.8. The van der Waals surface area contributed by atoms with Crippen LogP contribution in [0.1, 0.15) is 63.4 Å². The van der Waals surface area contributed by atoms with E-state index in [9.17, 15) is 9.59 Å². The minimum atomic E-state index is 0.159. The highest BCUT2D eigenvalue weighted by atomic mass is 16.5. The molecule has 0 spiro atoms. The molecule has 6 heteroatoms. The molecule has 172 valence electrons. The normalized spacial score (nSPS) is 17.9. The van der Waals surface area contributed by atoms with E-state index >= 15 is 0 Å². The van der Waals surface area contributed by atoms with E-state index in [0.717, 1.165) is 37.4 Å². The third-order valence-corrected chi connectivity index (χ3v) is 6.77. The number of hydrogen-bond acceptors (Lipinski definition) is 4. The lowest BCUT2D eigenvalue weighted by molar-refractivity contribution is -0.133. The topological polar surface area (TPSA) is 59.1 Å². The predicted octanol–water partition coefficient (Wildman–Crippen LogP) is 4.06. The molecule has 1 saturated heterocycles. The van der Waals surface area contributed by atoms with Crippen LogP contribution in [0.3, 0.4) is 0 Å². The van der Waals surface area contributed by atoms with Gasteiger partial charge in [0, 0.05) is 39.0 Å². The predicted molar refractivity (Wildman–Crippen MR) is 121 cm³/mol. The van der Waals surface area contributed by atoms with Crippen molar-refractivity contribution in [3.05, 3.63) is 23.8 Å².